The molecule has 0 radical (unpaired) electrons. The predicted molar refractivity (Wildman–Crippen MR) is 114 cm³/mol. The van der Waals surface area contributed by atoms with E-state index in [1.54, 1.807) is 37.3 Å². The normalized spacial score (nSPS) is 15.8. The second-order valence-corrected chi connectivity index (χ2v) is 7.12. The number of anilines is 1. The number of fused-ring (bicyclic) bond motifs is 1. The molecule has 2 aromatic heterocycles. The Morgan fingerprint density at radius 1 is 1.23 bits per heavy atom. The first-order valence-corrected chi connectivity index (χ1v) is 9.78. The molecule has 0 unspecified atom stereocenters. The number of ether oxygens (including phenoxy) is 3. The lowest BCUT2D eigenvalue weighted by Gasteiger charge is -2.14. The van der Waals surface area contributed by atoms with Crippen molar-refractivity contribution in [3.05, 3.63) is 42.9 Å². The van der Waals surface area contributed by atoms with E-state index in [4.69, 9.17) is 25.0 Å². The van der Waals surface area contributed by atoms with Gasteiger partial charge in [0.2, 0.25) is 5.91 Å². The van der Waals surface area contributed by atoms with Crippen LogP contribution < -0.4 is 19.9 Å². The van der Waals surface area contributed by atoms with Crippen molar-refractivity contribution in [2.24, 2.45) is 0 Å². The van der Waals surface area contributed by atoms with Crippen molar-refractivity contribution >= 4 is 22.8 Å². The van der Waals surface area contributed by atoms with Crippen LogP contribution >= 0.6 is 0 Å². The van der Waals surface area contributed by atoms with Gasteiger partial charge in [-0.1, -0.05) is 6.58 Å². The van der Waals surface area contributed by atoms with Crippen molar-refractivity contribution in [1.82, 2.24) is 24.6 Å². The van der Waals surface area contributed by atoms with Gasteiger partial charge in [0.1, 0.15) is 41.7 Å². The van der Waals surface area contributed by atoms with Crippen molar-refractivity contribution in [2.45, 2.75) is 19.1 Å². The molecule has 0 saturated carbocycles. The van der Waals surface area contributed by atoms with E-state index in [-0.39, 0.29) is 18.6 Å². The van der Waals surface area contributed by atoms with Gasteiger partial charge in [0.15, 0.2) is 5.65 Å². The van der Waals surface area contributed by atoms with Crippen molar-refractivity contribution in [2.75, 3.05) is 33.0 Å². The highest BCUT2D eigenvalue weighted by Crippen LogP contribution is 2.31. The average molecular weight is 424 g/mol. The highest BCUT2D eigenvalue weighted by molar-refractivity contribution is 5.88. The summed E-state index contributed by atoms with van der Waals surface area (Å²) in [6, 6.07) is 5.26. The van der Waals surface area contributed by atoms with E-state index in [1.807, 2.05) is 4.68 Å². The molecule has 10 heteroatoms. The van der Waals surface area contributed by atoms with Crippen LogP contribution in [0.5, 0.6) is 17.2 Å². The zero-order chi connectivity index (χ0) is 22.0. The first-order valence-electron chi connectivity index (χ1n) is 9.78. The third-order valence-electron chi connectivity index (χ3n) is 5.29. The maximum absolute atomic E-state index is 12.0. The minimum absolute atomic E-state index is 0.0219. The van der Waals surface area contributed by atoms with Crippen LogP contribution in [0.3, 0.4) is 0 Å². The Labute approximate surface area is 179 Å². The van der Waals surface area contributed by atoms with Crippen LogP contribution in [-0.4, -0.2) is 57.9 Å². The Kier molecular flexibility index (Phi) is 5.61. The number of likely N-dealkylation sites (tertiary alicyclic amines) is 1. The molecule has 0 bridgehead atoms. The van der Waals surface area contributed by atoms with Crippen LogP contribution in [0.1, 0.15) is 18.2 Å². The third-order valence-corrected chi connectivity index (χ3v) is 5.29. The Bertz CT molecular complexity index is 1110. The molecule has 3 aromatic rings. The summed E-state index contributed by atoms with van der Waals surface area (Å²) in [4.78, 5) is 22.2. The Morgan fingerprint density at radius 3 is 2.61 bits per heavy atom. The fourth-order valence-electron chi connectivity index (χ4n) is 3.71. The summed E-state index contributed by atoms with van der Waals surface area (Å²) in [6.07, 6.45) is 3.49. The number of aromatic nitrogens is 4. The highest BCUT2D eigenvalue weighted by Gasteiger charge is 2.29. The summed E-state index contributed by atoms with van der Waals surface area (Å²) in [7, 11) is 3.15. The smallest absolute Gasteiger partial charge is 0.246 e. The number of methoxy groups -OCH3 is 2. The molecule has 1 aromatic carbocycles. The molecule has 3 heterocycles. The van der Waals surface area contributed by atoms with E-state index in [0.717, 1.165) is 6.42 Å². The number of nitrogens with two attached hydrogens (primary N) is 1. The molecule has 1 aliphatic rings. The van der Waals surface area contributed by atoms with Crippen LogP contribution in [0, 0.1) is 0 Å². The molecule has 1 fully saturated rings. The Morgan fingerprint density at radius 2 is 1.94 bits per heavy atom. The quantitative estimate of drug-likeness (QED) is 0.572. The summed E-state index contributed by atoms with van der Waals surface area (Å²) in [6.45, 7) is 4.87. The number of rotatable bonds is 7. The Hall–Kier alpha value is -3.82. The van der Waals surface area contributed by atoms with E-state index in [1.165, 1.54) is 12.4 Å². The van der Waals surface area contributed by atoms with E-state index < -0.39 is 0 Å². The molecule has 2 N–H and O–H groups in total. The average Bonchev–Trinajstić information content (AvgIpc) is 3.42. The molecule has 0 spiro atoms. The topological polar surface area (TPSA) is 118 Å². The van der Waals surface area contributed by atoms with E-state index >= 15 is 0 Å². The van der Waals surface area contributed by atoms with Gasteiger partial charge in [0, 0.05) is 31.3 Å². The summed E-state index contributed by atoms with van der Waals surface area (Å²) in [5.74, 6) is 2.03. The summed E-state index contributed by atoms with van der Waals surface area (Å²) < 4.78 is 18.4. The molecule has 31 heavy (non-hydrogen) atoms. The van der Waals surface area contributed by atoms with Crippen molar-refractivity contribution in [1.29, 1.82) is 0 Å². The van der Waals surface area contributed by atoms with Gasteiger partial charge >= 0.3 is 0 Å². The van der Waals surface area contributed by atoms with Crippen LogP contribution in [0.25, 0.3) is 11.0 Å². The number of hydrogen-bond donors (Lipinski definition) is 1. The molecule has 1 atom stereocenters. The highest BCUT2D eigenvalue weighted by atomic mass is 16.5. The molecule has 0 aliphatic carbocycles. The fraction of sp³-hybridized carbons (Fsp3) is 0.333. The van der Waals surface area contributed by atoms with Gasteiger partial charge in [-0.25, -0.2) is 14.6 Å². The number of amides is 1. The molecule has 1 aliphatic heterocycles. The van der Waals surface area contributed by atoms with Crippen LogP contribution in [-0.2, 0) is 11.4 Å². The molecule has 162 valence electrons. The van der Waals surface area contributed by atoms with Crippen molar-refractivity contribution < 1.29 is 19.0 Å². The summed E-state index contributed by atoms with van der Waals surface area (Å²) in [5, 5.41) is 5.38. The molecular formula is C21H24N6O4. The van der Waals surface area contributed by atoms with Crippen LogP contribution in [0.15, 0.2) is 37.2 Å². The summed E-state index contributed by atoms with van der Waals surface area (Å²) in [5.41, 5.74) is 7.38. The number of hydrogen-bond acceptors (Lipinski definition) is 8. The molecule has 4 rings (SSSR count). The van der Waals surface area contributed by atoms with Crippen molar-refractivity contribution in [3.8, 4) is 17.2 Å². The lowest BCUT2D eigenvalue weighted by molar-refractivity contribution is -0.125. The van der Waals surface area contributed by atoms with Gasteiger partial charge in [-0.05, 0) is 12.5 Å². The summed E-state index contributed by atoms with van der Waals surface area (Å²) >= 11 is 0. The van der Waals surface area contributed by atoms with Gasteiger partial charge < -0.3 is 24.8 Å². The molecule has 1 amide bonds. The largest absolute Gasteiger partial charge is 0.496 e. The first-order chi connectivity index (χ1) is 15.0. The standard InChI is InChI=1S/C21H24N6O4/c1-4-18(28)26-6-5-13(10-26)27-21-19(20(22)23-12-24-21)17(25-27)11-31-16-8-14(29-2)7-15(9-16)30-3/h4,7-9,12-13H,1,5-6,10-11H2,2-3H3,(H2,22,23,24)/t13-/m0/s1. The SMILES string of the molecule is C=CC(=O)N1CC[C@H](n2nc(COc3cc(OC)cc(OC)c3)c3c(N)ncnc32)C1. The monoisotopic (exact) mass is 424 g/mol. The molecule has 10 nitrogen and oxygen atoms in total. The third kappa shape index (κ3) is 3.96. The molecule has 1 saturated heterocycles. The first kappa shape index (κ1) is 20.5. The van der Waals surface area contributed by atoms with Crippen LogP contribution in [0.4, 0.5) is 5.82 Å². The second-order valence-electron chi connectivity index (χ2n) is 7.12. The number of carbonyl (C=O) groups is 1. The van der Waals surface area contributed by atoms with Gasteiger partial charge in [0.05, 0.1) is 25.6 Å². The van der Waals surface area contributed by atoms with Gasteiger partial charge in [0.25, 0.3) is 0 Å². The minimum Gasteiger partial charge on any atom is -0.496 e. The van der Waals surface area contributed by atoms with Gasteiger partial charge in [-0.2, -0.15) is 5.10 Å². The number of nitrogens with zero attached hydrogens (tertiary/aromatic N) is 5. The zero-order valence-electron chi connectivity index (χ0n) is 17.4. The lowest BCUT2D eigenvalue weighted by Crippen LogP contribution is -2.27. The predicted octanol–water partition coefficient (Wildman–Crippen LogP) is 1.96. The van der Waals surface area contributed by atoms with E-state index in [9.17, 15) is 4.79 Å². The number of benzene rings is 1. The Balaban J connectivity index is 1.63. The van der Waals surface area contributed by atoms with E-state index in [2.05, 4.69) is 16.5 Å². The fourth-order valence-corrected chi connectivity index (χ4v) is 3.71. The second kappa shape index (κ2) is 8.50. The maximum Gasteiger partial charge on any atom is 0.246 e. The molecular weight excluding hydrogens is 400 g/mol. The van der Waals surface area contributed by atoms with E-state index in [0.29, 0.717) is 52.9 Å². The number of nitrogen functional groups attached to an aromatic ring is 1. The van der Waals surface area contributed by atoms with Gasteiger partial charge in [-0.3, -0.25) is 4.79 Å². The zero-order valence-corrected chi connectivity index (χ0v) is 17.4. The van der Waals surface area contributed by atoms with Gasteiger partial charge in [-0.15, -0.1) is 0 Å². The van der Waals surface area contributed by atoms with Crippen LogP contribution in [0.2, 0.25) is 0 Å². The number of carbonyl (C=O) groups excluding carboxylic acids is 1. The minimum atomic E-state index is -0.0939. The lowest BCUT2D eigenvalue weighted by atomic mass is 10.2. The van der Waals surface area contributed by atoms with Crippen molar-refractivity contribution in [3.63, 3.8) is 0 Å². The maximum atomic E-state index is 12.0.